The normalized spacial score (nSPS) is 15.1. The highest BCUT2D eigenvalue weighted by Crippen LogP contribution is 2.43. The van der Waals surface area contributed by atoms with E-state index in [1.54, 1.807) is 0 Å². The van der Waals surface area contributed by atoms with Crippen molar-refractivity contribution >= 4 is 23.0 Å². The molecule has 0 saturated carbocycles. The molecule has 3 heteroatoms. The van der Waals surface area contributed by atoms with E-state index in [9.17, 15) is 0 Å². The molecule has 1 aliphatic heterocycles. The summed E-state index contributed by atoms with van der Waals surface area (Å²) in [6.45, 7) is 5.36. The molecule has 0 spiro atoms. The molecule has 1 aliphatic rings. The van der Waals surface area contributed by atoms with Gasteiger partial charge in [0.25, 0.3) is 0 Å². The zero-order valence-corrected chi connectivity index (χ0v) is 13.0. The molecule has 0 aliphatic carbocycles. The van der Waals surface area contributed by atoms with Crippen LogP contribution in [0.4, 0.5) is 11.4 Å². The molecule has 1 atom stereocenters. The van der Waals surface area contributed by atoms with Crippen LogP contribution < -0.4 is 9.80 Å². The van der Waals surface area contributed by atoms with E-state index in [0.29, 0.717) is 5.88 Å². The fraction of sp³-hybridized carbons (Fsp3) is 0.278. The van der Waals surface area contributed by atoms with Crippen LogP contribution >= 0.6 is 11.6 Å². The van der Waals surface area contributed by atoms with Crippen LogP contribution in [-0.2, 0) is 0 Å². The van der Waals surface area contributed by atoms with Crippen LogP contribution in [0.3, 0.4) is 0 Å². The van der Waals surface area contributed by atoms with Crippen LogP contribution in [0.2, 0.25) is 0 Å². The summed E-state index contributed by atoms with van der Waals surface area (Å²) in [4.78, 5) is 4.65. The number of hydrogen-bond donors (Lipinski definition) is 0. The van der Waals surface area contributed by atoms with Gasteiger partial charge in [-0.25, -0.2) is 0 Å². The Balaban J connectivity index is 1.98. The lowest BCUT2D eigenvalue weighted by atomic mass is 10.0. The molecule has 0 amide bonds. The first kappa shape index (κ1) is 14.3. The Bertz CT molecular complexity index is 585. The van der Waals surface area contributed by atoms with E-state index < -0.39 is 0 Å². The smallest absolute Gasteiger partial charge is 0.142 e. The molecule has 2 aromatic rings. The number of nitrogens with zero attached hydrogens (tertiary/aromatic N) is 2. The fourth-order valence-electron chi connectivity index (χ4n) is 2.95. The number of fused-ring (bicyclic) bond motifs is 1. The van der Waals surface area contributed by atoms with Crippen molar-refractivity contribution in [3.05, 3.63) is 66.8 Å². The molecule has 0 fully saturated rings. The predicted octanol–water partition coefficient (Wildman–Crippen LogP) is 4.82. The standard InChI is InChI=1S/C18H20ClN2/c1-2-20-14-21(18-11-7-6-10-17(18)20)16(12-13-19)15-8-4-3-5-9-15/h3-11,14,16H,2,12-13H2,1H3/t16-/m1/s1. The van der Waals surface area contributed by atoms with E-state index in [1.165, 1.54) is 16.9 Å². The minimum Gasteiger partial charge on any atom is -0.346 e. The Morgan fingerprint density at radius 2 is 1.62 bits per heavy atom. The second-order valence-electron chi connectivity index (χ2n) is 5.20. The van der Waals surface area contributed by atoms with Gasteiger partial charge in [-0.1, -0.05) is 42.5 Å². The van der Waals surface area contributed by atoms with Crippen molar-refractivity contribution in [2.45, 2.75) is 19.4 Å². The van der Waals surface area contributed by atoms with E-state index >= 15 is 0 Å². The SMILES string of the molecule is CCN1[CH]N([C@H](CCCl)c2ccccc2)c2ccccc21. The Morgan fingerprint density at radius 3 is 2.29 bits per heavy atom. The number of hydrogen-bond acceptors (Lipinski definition) is 2. The number of benzene rings is 2. The average molecular weight is 300 g/mol. The van der Waals surface area contributed by atoms with Crippen LogP contribution in [0.15, 0.2) is 54.6 Å². The number of halogens is 1. The van der Waals surface area contributed by atoms with E-state index in [1.807, 2.05) is 0 Å². The van der Waals surface area contributed by atoms with E-state index in [0.717, 1.165) is 13.0 Å². The van der Waals surface area contributed by atoms with Gasteiger partial charge in [0.15, 0.2) is 0 Å². The highest BCUT2D eigenvalue weighted by Gasteiger charge is 2.30. The first-order valence-corrected chi connectivity index (χ1v) is 7.98. The molecular formula is C18H20ClN2. The summed E-state index contributed by atoms with van der Waals surface area (Å²) in [6.07, 6.45) is 0.925. The molecule has 1 radical (unpaired) electrons. The number of alkyl halides is 1. The monoisotopic (exact) mass is 299 g/mol. The lowest BCUT2D eigenvalue weighted by molar-refractivity contribution is 0.649. The predicted molar refractivity (Wildman–Crippen MR) is 90.8 cm³/mol. The number of anilines is 2. The van der Waals surface area contributed by atoms with Gasteiger partial charge in [0, 0.05) is 12.4 Å². The average Bonchev–Trinajstić information content (AvgIpc) is 2.92. The molecule has 21 heavy (non-hydrogen) atoms. The summed E-state index contributed by atoms with van der Waals surface area (Å²) in [5, 5.41) is 0. The van der Waals surface area contributed by atoms with Crippen LogP contribution in [0.1, 0.15) is 24.9 Å². The van der Waals surface area contributed by atoms with Crippen molar-refractivity contribution in [2.24, 2.45) is 0 Å². The van der Waals surface area contributed by atoms with Crippen LogP contribution in [-0.4, -0.2) is 12.4 Å². The van der Waals surface area contributed by atoms with E-state index in [-0.39, 0.29) is 6.04 Å². The minimum atomic E-state index is 0.279. The van der Waals surface area contributed by atoms with E-state index in [4.69, 9.17) is 11.6 Å². The van der Waals surface area contributed by atoms with Gasteiger partial charge in [0.2, 0.25) is 0 Å². The Hall–Kier alpha value is -1.67. The summed E-state index contributed by atoms with van der Waals surface area (Å²) < 4.78 is 0. The first-order valence-electron chi connectivity index (χ1n) is 7.45. The molecule has 2 aromatic carbocycles. The third-order valence-corrected chi connectivity index (χ3v) is 4.19. The van der Waals surface area contributed by atoms with Crippen molar-refractivity contribution in [3.8, 4) is 0 Å². The summed E-state index contributed by atoms with van der Waals surface area (Å²) in [7, 11) is 0. The second-order valence-corrected chi connectivity index (χ2v) is 5.58. The molecule has 0 bridgehead atoms. The zero-order valence-electron chi connectivity index (χ0n) is 12.2. The van der Waals surface area contributed by atoms with Crippen molar-refractivity contribution in [1.29, 1.82) is 0 Å². The first-order chi connectivity index (χ1) is 10.3. The Morgan fingerprint density at radius 1 is 0.952 bits per heavy atom. The quantitative estimate of drug-likeness (QED) is 0.730. The highest BCUT2D eigenvalue weighted by molar-refractivity contribution is 6.17. The molecule has 0 saturated heterocycles. The van der Waals surface area contributed by atoms with Crippen LogP contribution in [0, 0.1) is 6.67 Å². The van der Waals surface area contributed by atoms with Crippen LogP contribution in [0.5, 0.6) is 0 Å². The van der Waals surface area contributed by atoms with Gasteiger partial charge in [-0.3, -0.25) is 0 Å². The molecule has 109 valence electrons. The van der Waals surface area contributed by atoms with Gasteiger partial charge in [-0.2, -0.15) is 0 Å². The molecular weight excluding hydrogens is 280 g/mol. The summed E-state index contributed by atoms with van der Waals surface area (Å²) in [5.74, 6) is 0.651. The van der Waals surface area contributed by atoms with Gasteiger partial charge in [0.1, 0.15) is 6.67 Å². The van der Waals surface area contributed by atoms with Crippen molar-refractivity contribution in [1.82, 2.24) is 0 Å². The second kappa shape index (κ2) is 6.40. The summed E-state index contributed by atoms with van der Waals surface area (Å²) in [6, 6.07) is 19.4. The topological polar surface area (TPSA) is 6.48 Å². The van der Waals surface area contributed by atoms with Gasteiger partial charge in [-0.15, -0.1) is 11.6 Å². The highest BCUT2D eigenvalue weighted by atomic mass is 35.5. The third kappa shape index (κ3) is 2.73. The maximum absolute atomic E-state index is 6.07. The largest absolute Gasteiger partial charge is 0.346 e. The molecule has 0 N–H and O–H groups in total. The lowest BCUT2D eigenvalue weighted by Crippen LogP contribution is -2.29. The maximum Gasteiger partial charge on any atom is 0.142 e. The lowest BCUT2D eigenvalue weighted by Gasteiger charge is -2.30. The van der Waals surface area contributed by atoms with Crippen molar-refractivity contribution in [2.75, 3.05) is 22.2 Å². The van der Waals surface area contributed by atoms with Crippen molar-refractivity contribution < 1.29 is 0 Å². The number of rotatable bonds is 5. The third-order valence-electron chi connectivity index (χ3n) is 3.98. The molecule has 0 unspecified atom stereocenters. The van der Waals surface area contributed by atoms with Crippen molar-refractivity contribution in [3.63, 3.8) is 0 Å². The molecule has 1 heterocycles. The van der Waals surface area contributed by atoms with E-state index in [2.05, 4.69) is 78.0 Å². The summed E-state index contributed by atoms with van der Waals surface area (Å²) >= 11 is 6.07. The van der Waals surface area contributed by atoms with Gasteiger partial charge >= 0.3 is 0 Å². The van der Waals surface area contributed by atoms with Crippen LogP contribution in [0.25, 0.3) is 0 Å². The van der Waals surface area contributed by atoms with Gasteiger partial charge in [0.05, 0.1) is 17.4 Å². The van der Waals surface area contributed by atoms with Gasteiger partial charge < -0.3 is 9.80 Å². The number of para-hydroxylation sites is 2. The Kier molecular flexibility index (Phi) is 4.35. The fourth-order valence-corrected chi connectivity index (χ4v) is 3.15. The maximum atomic E-state index is 6.07. The molecule has 2 nitrogen and oxygen atoms in total. The minimum absolute atomic E-state index is 0.279. The molecule has 0 aromatic heterocycles. The van der Waals surface area contributed by atoms with Gasteiger partial charge in [-0.05, 0) is 31.0 Å². The molecule has 3 rings (SSSR count). The zero-order chi connectivity index (χ0) is 14.7. The Labute approximate surface area is 131 Å². The summed E-state index contributed by atoms with van der Waals surface area (Å²) in [5.41, 5.74) is 3.84.